The van der Waals surface area contributed by atoms with Crippen molar-refractivity contribution in [3.63, 3.8) is 0 Å². The highest BCUT2D eigenvalue weighted by atomic mass is 16.5. The minimum absolute atomic E-state index is 0.0438. The van der Waals surface area contributed by atoms with Crippen LogP contribution in [-0.4, -0.2) is 28.6 Å². The van der Waals surface area contributed by atoms with E-state index < -0.39 is 0 Å². The second-order valence-electron chi connectivity index (χ2n) is 8.91. The Kier molecular flexibility index (Phi) is 7.63. The van der Waals surface area contributed by atoms with E-state index in [0.29, 0.717) is 25.5 Å². The molecule has 0 atom stereocenters. The van der Waals surface area contributed by atoms with Crippen molar-refractivity contribution in [2.75, 3.05) is 13.2 Å². The summed E-state index contributed by atoms with van der Waals surface area (Å²) in [7, 11) is 0. The molecule has 176 valence electrons. The molecule has 0 aliphatic rings. The molecule has 0 bridgehead atoms. The van der Waals surface area contributed by atoms with Crippen LogP contribution in [0.5, 0.6) is 5.75 Å². The normalized spacial score (nSPS) is 11.2. The molecule has 0 unspecified atom stereocenters. The quantitative estimate of drug-likeness (QED) is 0.303. The first kappa shape index (κ1) is 23.6. The van der Waals surface area contributed by atoms with Gasteiger partial charge in [-0.25, -0.2) is 4.98 Å². The number of rotatable bonds is 10. The van der Waals surface area contributed by atoms with Crippen LogP contribution in [0.2, 0.25) is 0 Å². The van der Waals surface area contributed by atoms with E-state index in [1.165, 1.54) is 5.56 Å². The summed E-state index contributed by atoms with van der Waals surface area (Å²) in [5.41, 5.74) is 5.11. The second kappa shape index (κ2) is 11.0. The van der Waals surface area contributed by atoms with Crippen molar-refractivity contribution in [3.8, 4) is 5.75 Å². The van der Waals surface area contributed by atoms with Crippen LogP contribution in [0, 0.1) is 6.92 Å². The summed E-state index contributed by atoms with van der Waals surface area (Å²) in [6, 6.07) is 24.2. The Morgan fingerprint density at radius 3 is 2.50 bits per heavy atom. The SMILES string of the molecule is Cc1ccccc1C(=O)NCCc1nc2ccccc2n1CCCOc1ccc(C(C)C)cc1. The van der Waals surface area contributed by atoms with Crippen molar-refractivity contribution >= 4 is 16.9 Å². The lowest BCUT2D eigenvalue weighted by atomic mass is 10.0. The molecule has 5 heteroatoms. The fraction of sp³-hybridized carbons (Fsp3) is 0.310. The van der Waals surface area contributed by atoms with Crippen molar-refractivity contribution in [1.82, 2.24) is 14.9 Å². The summed E-state index contributed by atoms with van der Waals surface area (Å²) < 4.78 is 8.22. The van der Waals surface area contributed by atoms with E-state index in [1.807, 2.05) is 61.5 Å². The fourth-order valence-corrected chi connectivity index (χ4v) is 4.14. The van der Waals surface area contributed by atoms with Crippen LogP contribution in [0.1, 0.15) is 53.5 Å². The number of nitrogens with one attached hydrogen (secondary N) is 1. The van der Waals surface area contributed by atoms with E-state index in [2.05, 4.69) is 41.9 Å². The predicted molar refractivity (Wildman–Crippen MR) is 138 cm³/mol. The third-order valence-corrected chi connectivity index (χ3v) is 6.10. The molecule has 0 spiro atoms. The first-order valence-corrected chi connectivity index (χ1v) is 12.0. The molecule has 0 saturated heterocycles. The van der Waals surface area contributed by atoms with Gasteiger partial charge in [-0.1, -0.05) is 56.3 Å². The maximum Gasteiger partial charge on any atom is 0.251 e. The molecule has 0 radical (unpaired) electrons. The number of aromatic nitrogens is 2. The number of fused-ring (bicyclic) bond motifs is 1. The maximum atomic E-state index is 12.6. The number of nitrogens with zero attached hydrogens (tertiary/aromatic N) is 2. The van der Waals surface area contributed by atoms with Crippen LogP contribution < -0.4 is 10.1 Å². The Balaban J connectivity index is 1.36. The minimum atomic E-state index is -0.0438. The van der Waals surface area contributed by atoms with Crippen LogP contribution in [0.3, 0.4) is 0 Å². The van der Waals surface area contributed by atoms with E-state index in [9.17, 15) is 4.79 Å². The summed E-state index contributed by atoms with van der Waals surface area (Å²) in [4.78, 5) is 17.4. The maximum absolute atomic E-state index is 12.6. The Hall–Kier alpha value is -3.60. The third kappa shape index (κ3) is 5.66. The summed E-state index contributed by atoms with van der Waals surface area (Å²) in [5, 5.41) is 3.04. The number of hydrogen-bond donors (Lipinski definition) is 1. The molecule has 4 aromatic rings. The molecule has 4 rings (SSSR count). The van der Waals surface area contributed by atoms with E-state index in [-0.39, 0.29) is 5.91 Å². The summed E-state index contributed by atoms with van der Waals surface area (Å²) >= 11 is 0. The highest BCUT2D eigenvalue weighted by Gasteiger charge is 2.12. The van der Waals surface area contributed by atoms with E-state index >= 15 is 0 Å². The van der Waals surface area contributed by atoms with Crippen molar-refractivity contribution < 1.29 is 9.53 Å². The van der Waals surface area contributed by atoms with Crippen LogP contribution in [0.15, 0.2) is 72.8 Å². The van der Waals surface area contributed by atoms with Gasteiger partial charge >= 0.3 is 0 Å². The molecule has 1 heterocycles. The molecule has 1 amide bonds. The molecule has 0 saturated carbocycles. The lowest BCUT2D eigenvalue weighted by molar-refractivity contribution is 0.0953. The highest BCUT2D eigenvalue weighted by molar-refractivity contribution is 5.95. The first-order valence-electron chi connectivity index (χ1n) is 12.0. The molecule has 0 aliphatic carbocycles. The third-order valence-electron chi connectivity index (χ3n) is 6.10. The van der Waals surface area contributed by atoms with Crippen LogP contribution in [0.25, 0.3) is 11.0 Å². The number of aryl methyl sites for hydroxylation is 2. The van der Waals surface area contributed by atoms with Crippen LogP contribution in [-0.2, 0) is 13.0 Å². The Morgan fingerprint density at radius 1 is 1.00 bits per heavy atom. The lowest BCUT2D eigenvalue weighted by Gasteiger charge is -2.12. The van der Waals surface area contributed by atoms with Crippen molar-refractivity contribution in [3.05, 3.63) is 95.3 Å². The van der Waals surface area contributed by atoms with Gasteiger partial charge in [0, 0.05) is 25.1 Å². The van der Waals surface area contributed by atoms with Gasteiger partial charge in [0.25, 0.3) is 5.91 Å². The number of carbonyl (C=O) groups is 1. The largest absolute Gasteiger partial charge is 0.494 e. The molecule has 3 aromatic carbocycles. The van der Waals surface area contributed by atoms with Gasteiger partial charge in [-0.2, -0.15) is 0 Å². The smallest absolute Gasteiger partial charge is 0.251 e. The summed E-state index contributed by atoms with van der Waals surface area (Å²) in [6.07, 6.45) is 1.54. The first-order chi connectivity index (χ1) is 16.5. The molecular weight excluding hydrogens is 422 g/mol. The Bertz CT molecular complexity index is 1240. The van der Waals surface area contributed by atoms with Gasteiger partial charge in [0.15, 0.2) is 0 Å². The lowest BCUT2D eigenvalue weighted by Crippen LogP contribution is -2.27. The van der Waals surface area contributed by atoms with Gasteiger partial charge in [0.05, 0.1) is 17.6 Å². The summed E-state index contributed by atoms with van der Waals surface area (Å²) in [5.74, 6) is 2.35. The van der Waals surface area contributed by atoms with Crippen LogP contribution in [0.4, 0.5) is 0 Å². The number of ether oxygens (including phenoxy) is 1. The number of para-hydroxylation sites is 2. The topological polar surface area (TPSA) is 56.2 Å². The van der Waals surface area contributed by atoms with Gasteiger partial charge in [-0.15, -0.1) is 0 Å². The van der Waals surface area contributed by atoms with Gasteiger partial charge in [-0.3, -0.25) is 4.79 Å². The van der Waals surface area contributed by atoms with Gasteiger partial charge in [0.1, 0.15) is 11.6 Å². The van der Waals surface area contributed by atoms with Crippen molar-refractivity contribution in [2.24, 2.45) is 0 Å². The Labute approximate surface area is 201 Å². The molecular formula is C29H33N3O2. The van der Waals surface area contributed by atoms with Crippen molar-refractivity contribution in [2.45, 2.75) is 46.1 Å². The number of imidazole rings is 1. The number of amides is 1. The average molecular weight is 456 g/mol. The molecule has 1 N–H and O–H groups in total. The second-order valence-corrected chi connectivity index (χ2v) is 8.91. The summed E-state index contributed by atoms with van der Waals surface area (Å²) in [6.45, 7) is 8.32. The van der Waals surface area contributed by atoms with Crippen LogP contribution >= 0.6 is 0 Å². The highest BCUT2D eigenvalue weighted by Crippen LogP contribution is 2.20. The number of benzene rings is 3. The monoisotopic (exact) mass is 455 g/mol. The zero-order valence-corrected chi connectivity index (χ0v) is 20.3. The van der Waals surface area contributed by atoms with Gasteiger partial charge < -0.3 is 14.6 Å². The molecule has 34 heavy (non-hydrogen) atoms. The number of carbonyl (C=O) groups excluding carboxylic acids is 1. The van der Waals surface area contributed by atoms with E-state index in [0.717, 1.165) is 46.7 Å². The van der Waals surface area contributed by atoms with Crippen molar-refractivity contribution in [1.29, 1.82) is 0 Å². The Morgan fingerprint density at radius 2 is 1.74 bits per heavy atom. The van der Waals surface area contributed by atoms with E-state index in [4.69, 9.17) is 9.72 Å². The molecule has 0 fully saturated rings. The standard InChI is InChI=1S/C29H33N3O2/c1-21(2)23-13-15-24(16-14-23)34-20-8-19-32-27-12-7-6-11-26(27)31-28(32)17-18-30-29(33)25-10-5-4-9-22(25)3/h4-7,9-16,21H,8,17-20H2,1-3H3,(H,30,33). The zero-order chi connectivity index (χ0) is 23.9. The number of hydrogen-bond acceptors (Lipinski definition) is 3. The van der Waals surface area contributed by atoms with Gasteiger partial charge in [0.2, 0.25) is 0 Å². The van der Waals surface area contributed by atoms with E-state index in [1.54, 1.807) is 0 Å². The average Bonchev–Trinajstić information content (AvgIpc) is 3.19. The zero-order valence-electron chi connectivity index (χ0n) is 20.3. The molecule has 1 aromatic heterocycles. The molecule has 5 nitrogen and oxygen atoms in total. The van der Waals surface area contributed by atoms with Gasteiger partial charge in [-0.05, 0) is 60.7 Å². The minimum Gasteiger partial charge on any atom is -0.494 e. The molecule has 0 aliphatic heterocycles. The fourth-order valence-electron chi connectivity index (χ4n) is 4.14. The predicted octanol–water partition coefficient (Wildman–Crippen LogP) is 5.91.